The van der Waals surface area contributed by atoms with Crippen LogP contribution in [0, 0.1) is 0 Å². The molecule has 1 aromatic heterocycles. The van der Waals surface area contributed by atoms with Crippen LogP contribution >= 0.6 is 0 Å². The van der Waals surface area contributed by atoms with Crippen LogP contribution < -0.4 is 11.5 Å². The van der Waals surface area contributed by atoms with Gasteiger partial charge in [0.05, 0.1) is 5.52 Å². The van der Waals surface area contributed by atoms with E-state index in [9.17, 15) is 0 Å². The van der Waals surface area contributed by atoms with Crippen LogP contribution in [0.4, 0.5) is 5.82 Å². The highest BCUT2D eigenvalue weighted by Gasteiger charge is 2.05. The van der Waals surface area contributed by atoms with E-state index < -0.39 is 0 Å². The minimum atomic E-state index is 0.698. The van der Waals surface area contributed by atoms with E-state index in [4.69, 9.17) is 11.5 Å². The molecule has 4 N–H and O–H groups in total. The van der Waals surface area contributed by atoms with Crippen molar-refractivity contribution in [1.29, 1.82) is 0 Å². The molecule has 0 spiro atoms. The van der Waals surface area contributed by atoms with E-state index >= 15 is 0 Å². The first-order valence-electron chi connectivity index (χ1n) is 8.62. The Morgan fingerprint density at radius 1 is 0.955 bits per heavy atom. The molecule has 0 fully saturated rings. The summed E-state index contributed by atoms with van der Waals surface area (Å²) in [5.41, 5.74) is 15.2. The molecule has 0 radical (unpaired) electrons. The van der Waals surface area contributed by atoms with Crippen molar-refractivity contribution in [2.24, 2.45) is 5.73 Å². The number of hydrogen-bond acceptors (Lipinski definition) is 3. The van der Waals surface area contributed by atoms with Crippen molar-refractivity contribution < 1.29 is 0 Å². The first-order valence-corrected chi connectivity index (χ1v) is 8.62. The summed E-state index contributed by atoms with van der Waals surface area (Å²) in [7, 11) is 0. The maximum atomic E-state index is 6.13. The van der Waals surface area contributed by atoms with Crippen LogP contribution in [-0.2, 0) is 12.8 Å². The second-order valence-corrected chi connectivity index (χ2v) is 6.12. The molecule has 120 valence electrons. The first-order chi connectivity index (χ1) is 10.7. The Bertz CT molecular complexity index is 592. The molecule has 3 nitrogen and oxygen atoms in total. The number of fused-ring (bicyclic) bond motifs is 1. The summed E-state index contributed by atoms with van der Waals surface area (Å²) in [5, 5.41) is 1.20. The zero-order valence-electron chi connectivity index (χ0n) is 13.8. The van der Waals surface area contributed by atoms with Crippen LogP contribution in [0.3, 0.4) is 0 Å². The summed E-state index contributed by atoms with van der Waals surface area (Å²) in [6.45, 7) is 3.01. The zero-order valence-corrected chi connectivity index (χ0v) is 13.8. The molecular weight excluding hydrogens is 270 g/mol. The normalized spacial score (nSPS) is 11.2. The minimum absolute atomic E-state index is 0.698. The maximum Gasteiger partial charge on any atom is 0.127 e. The second-order valence-electron chi connectivity index (χ2n) is 6.12. The van der Waals surface area contributed by atoms with E-state index in [2.05, 4.69) is 36.2 Å². The first kappa shape index (κ1) is 16.8. The van der Waals surface area contributed by atoms with Crippen molar-refractivity contribution in [3.63, 3.8) is 0 Å². The third-order valence-electron chi connectivity index (χ3n) is 4.21. The van der Waals surface area contributed by atoms with Gasteiger partial charge in [-0.2, -0.15) is 0 Å². The van der Waals surface area contributed by atoms with E-state index in [-0.39, 0.29) is 0 Å². The number of nitrogen functional groups attached to an aromatic ring is 1. The molecule has 0 saturated heterocycles. The molecule has 1 heterocycles. The smallest absolute Gasteiger partial charge is 0.127 e. The molecule has 22 heavy (non-hydrogen) atoms. The SMILES string of the molecule is CCCCCc1cc2ccc(CCCCCN)cc2nc1N. The van der Waals surface area contributed by atoms with E-state index in [1.165, 1.54) is 48.6 Å². The number of aromatic nitrogens is 1. The average molecular weight is 299 g/mol. The Morgan fingerprint density at radius 3 is 2.55 bits per heavy atom. The van der Waals surface area contributed by atoms with E-state index in [0.29, 0.717) is 5.82 Å². The number of nitrogens with two attached hydrogens (primary N) is 2. The second kappa shape index (κ2) is 8.74. The van der Waals surface area contributed by atoms with Crippen LogP contribution in [0.2, 0.25) is 0 Å². The predicted octanol–water partition coefficient (Wildman–Crippen LogP) is 4.22. The van der Waals surface area contributed by atoms with Gasteiger partial charge >= 0.3 is 0 Å². The summed E-state index contributed by atoms with van der Waals surface area (Å²) in [6.07, 6.45) is 9.29. The number of aryl methyl sites for hydroxylation is 2. The van der Waals surface area contributed by atoms with Gasteiger partial charge in [0, 0.05) is 5.39 Å². The molecule has 1 aromatic carbocycles. The standard InChI is InChI=1S/C19H29N3/c1-2-3-5-9-17-14-16-11-10-15(8-6-4-7-12-20)13-18(16)22-19(17)21/h10-11,13-14H,2-9,12,20H2,1H3,(H2,21,22). The highest BCUT2D eigenvalue weighted by Crippen LogP contribution is 2.22. The Hall–Kier alpha value is -1.61. The number of unbranched alkanes of at least 4 members (excludes halogenated alkanes) is 4. The molecular formula is C19H29N3. The van der Waals surface area contributed by atoms with E-state index in [1.54, 1.807) is 0 Å². The fourth-order valence-electron chi connectivity index (χ4n) is 2.84. The molecule has 0 aliphatic heterocycles. The van der Waals surface area contributed by atoms with Crippen molar-refractivity contribution in [2.75, 3.05) is 12.3 Å². The highest BCUT2D eigenvalue weighted by molar-refractivity contribution is 5.82. The zero-order chi connectivity index (χ0) is 15.8. The van der Waals surface area contributed by atoms with Gasteiger partial charge in [0.15, 0.2) is 0 Å². The topological polar surface area (TPSA) is 64.9 Å². The Morgan fingerprint density at radius 2 is 1.77 bits per heavy atom. The third-order valence-corrected chi connectivity index (χ3v) is 4.21. The van der Waals surface area contributed by atoms with Gasteiger partial charge in [0.2, 0.25) is 0 Å². The quantitative estimate of drug-likeness (QED) is 0.681. The third kappa shape index (κ3) is 4.70. The molecule has 0 atom stereocenters. The van der Waals surface area contributed by atoms with Crippen molar-refractivity contribution in [1.82, 2.24) is 4.98 Å². The summed E-state index contributed by atoms with van der Waals surface area (Å²) in [6, 6.07) is 8.80. The van der Waals surface area contributed by atoms with Crippen LogP contribution in [-0.4, -0.2) is 11.5 Å². The van der Waals surface area contributed by atoms with Gasteiger partial charge in [-0.1, -0.05) is 38.3 Å². The van der Waals surface area contributed by atoms with Crippen molar-refractivity contribution >= 4 is 16.7 Å². The summed E-state index contributed by atoms with van der Waals surface area (Å²) in [5.74, 6) is 0.698. The van der Waals surface area contributed by atoms with Gasteiger partial charge in [0.1, 0.15) is 5.82 Å². The summed E-state index contributed by atoms with van der Waals surface area (Å²) >= 11 is 0. The van der Waals surface area contributed by atoms with Gasteiger partial charge in [0.25, 0.3) is 0 Å². The Kier molecular flexibility index (Phi) is 6.66. The number of benzene rings is 1. The van der Waals surface area contributed by atoms with E-state index in [0.717, 1.165) is 31.3 Å². The average Bonchev–Trinajstić information content (AvgIpc) is 2.52. The molecule has 0 bridgehead atoms. The number of pyridine rings is 1. The molecule has 0 aliphatic carbocycles. The minimum Gasteiger partial charge on any atom is -0.383 e. The molecule has 2 aromatic rings. The maximum absolute atomic E-state index is 6.13. The fourth-order valence-corrected chi connectivity index (χ4v) is 2.84. The van der Waals surface area contributed by atoms with Crippen molar-refractivity contribution in [3.8, 4) is 0 Å². The van der Waals surface area contributed by atoms with Gasteiger partial charge < -0.3 is 11.5 Å². The fraction of sp³-hybridized carbons (Fsp3) is 0.526. The molecule has 3 heteroatoms. The summed E-state index contributed by atoms with van der Waals surface area (Å²) < 4.78 is 0. The van der Waals surface area contributed by atoms with Gasteiger partial charge in [-0.15, -0.1) is 0 Å². The molecule has 0 aliphatic rings. The van der Waals surface area contributed by atoms with Gasteiger partial charge in [-0.25, -0.2) is 4.98 Å². The van der Waals surface area contributed by atoms with Crippen LogP contribution in [0.1, 0.15) is 56.6 Å². The monoisotopic (exact) mass is 299 g/mol. The summed E-state index contributed by atoms with van der Waals surface area (Å²) in [4.78, 5) is 4.62. The number of anilines is 1. The number of nitrogens with zero attached hydrogens (tertiary/aromatic N) is 1. The van der Waals surface area contributed by atoms with Gasteiger partial charge in [-0.3, -0.25) is 0 Å². The lowest BCUT2D eigenvalue weighted by Crippen LogP contribution is -2.00. The Labute approximate surface area is 134 Å². The number of hydrogen-bond donors (Lipinski definition) is 2. The Balaban J connectivity index is 2.07. The predicted molar refractivity (Wildman–Crippen MR) is 96.0 cm³/mol. The van der Waals surface area contributed by atoms with Crippen molar-refractivity contribution in [2.45, 2.75) is 58.3 Å². The number of rotatable bonds is 9. The molecule has 2 rings (SSSR count). The van der Waals surface area contributed by atoms with Crippen LogP contribution in [0.25, 0.3) is 10.9 Å². The lowest BCUT2D eigenvalue weighted by atomic mass is 10.0. The van der Waals surface area contributed by atoms with Gasteiger partial charge in [-0.05, 0) is 61.9 Å². The molecule has 0 unspecified atom stereocenters. The van der Waals surface area contributed by atoms with Crippen LogP contribution in [0.15, 0.2) is 24.3 Å². The molecule has 0 amide bonds. The lowest BCUT2D eigenvalue weighted by molar-refractivity contribution is 0.687. The lowest BCUT2D eigenvalue weighted by Gasteiger charge is -2.09. The van der Waals surface area contributed by atoms with E-state index in [1.807, 2.05) is 0 Å². The highest BCUT2D eigenvalue weighted by atomic mass is 14.8. The largest absolute Gasteiger partial charge is 0.383 e. The molecule has 0 saturated carbocycles. The van der Waals surface area contributed by atoms with Crippen molar-refractivity contribution in [3.05, 3.63) is 35.4 Å². The van der Waals surface area contributed by atoms with Crippen LogP contribution in [0.5, 0.6) is 0 Å².